The number of rotatable bonds is 6. The number of fused-ring (bicyclic) bond motifs is 1. The van der Waals surface area contributed by atoms with E-state index in [1.54, 1.807) is 7.05 Å². The second-order valence-corrected chi connectivity index (χ2v) is 6.25. The Bertz CT molecular complexity index is 1150. The van der Waals surface area contributed by atoms with Crippen molar-refractivity contribution in [1.82, 2.24) is 19.3 Å². The molecule has 1 aromatic carbocycles. The number of amides is 1. The van der Waals surface area contributed by atoms with Gasteiger partial charge in [0.15, 0.2) is 12.3 Å². The molecule has 3 rings (SSSR count). The maximum atomic E-state index is 12.9. The van der Waals surface area contributed by atoms with Crippen LogP contribution in [0.4, 0.5) is 18.9 Å². The molecule has 1 amide bonds. The number of ether oxygens (including phenoxy) is 1. The molecule has 0 aliphatic heterocycles. The van der Waals surface area contributed by atoms with Crippen molar-refractivity contribution in [3.8, 4) is 0 Å². The number of esters is 1. The molecule has 0 saturated carbocycles. The highest BCUT2D eigenvalue weighted by molar-refractivity contribution is 5.93. The Kier molecular flexibility index (Phi) is 5.85. The highest BCUT2D eigenvalue weighted by atomic mass is 19.4. The third kappa shape index (κ3) is 4.64. The molecule has 0 radical (unpaired) electrons. The molecule has 2 heterocycles. The number of nitrogens with zero attached hydrogens (tertiary/aromatic N) is 4. The number of hydrogen-bond donors (Lipinski definition) is 1. The average Bonchev–Trinajstić information content (AvgIpc) is 3.07. The van der Waals surface area contributed by atoms with E-state index in [0.29, 0.717) is 5.65 Å². The number of carbonyl (C=O) groups excluding carboxylic acids is 2. The number of alkyl halides is 3. The highest BCUT2D eigenvalue weighted by Crippen LogP contribution is 2.34. The first-order valence-electron chi connectivity index (χ1n) is 8.65. The Morgan fingerprint density at radius 2 is 1.97 bits per heavy atom. The molecule has 158 valence electrons. The molecule has 2 aromatic heterocycles. The fourth-order valence-electron chi connectivity index (χ4n) is 2.68. The van der Waals surface area contributed by atoms with E-state index in [1.807, 2.05) is 0 Å². The van der Waals surface area contributed by atoms with Crippen LogP contribution in [-0.2, 0) is 34.1 Å². The van der Waals surface area contributed by atoms with Crippen molar-refractivity contribution in [2.24, 2.45) is 7.05 Å². The summed E-state index contributed by atoms with van der Waals surface area (Å²) in [7, 11) is 1.63. The van der Waals surface area contributed by atoms with Gasteiger partial charge in [0.1, 0.15) is 5.39 Å². The van der Waals surface area contributed by atoms with Gasteiger partial charge in [-0.25, -0.2) is 4.98 Å². The lowest BCUT2D eigenvalue weighted by Gasteiger charge is -2.13. The van der Waals surface area contributed by atoms with Crippen LogP contribution in [0.2, 0.25) is 0 Å². The van der Waals surface area contributed by atoms with Gasteiger partial charge < -0.3 is 10.1 Å². The second-order valence-electron chi connectivity index (χ2n) is 6.25. The third-order valence-corrected chi connectivity index (χ3v) is 4.15. The maximum absolute atomic E-state index is 12.9. The van der Waals surface area contributed by atoms with Gasteiger partial charge >= 0.3 is 12.1 Å². The summed E-state index contributed by atoms with van der Waals surface area (Å²) in [6.45, 7) is -0.812. The molecule has 0 unspecified atom stereocenters. The Morgan fingerprint density at radius 3 is 2.70 bits per heavy atom. The van der Waals surface area contributed by atoms with Crippen LogP contribution in [-0.4, -0.2) is 37.8 Å². The summed E-state index contributed by atoms with van der Waals surface area (Å²) in [6.07, 6.45) is -2.25. The van der Waals surface area contributed by atoms with Gasteiger partial charge in [0.2, 0.25) is 0 Å². The van der Waals surface area contributed by atoms with E-state index in [4.69, 9.17) is 4.74 Å². The van der Waals surface area contributed by atoms with Gasteiger partial charge in [-0.3, -0.25) is 23.6 Å². The van der Waals surface area contributed by atoms with E-state index >= 15 is 0 Å². The first-order valence-corrected chi connectivity index (χ1v) is 8.65. The minimum absolute atomic E-state index is 0.0476. The number of aryl methyl sites for hydroxylation is 2. The van der Waals surface area contributed by atoms with Gasteiger partial charge in [-0.05, 0) is 12.1 Å². The number of benzene rings is 1. The molecule has 0 atom stereocenters. The first-order chi connectivity index (χ1) is 14.2. The van der Waals surface area contributed by atoms with Crippen LogP contribution < -0.4 is 10.9 Å². The number of carbonyl (C=O) groups is 2. The van der Waals surface area contributed by atoms with Gasteiger partial charge in [-0.15, -0.1) is 0 Å². The Morgan fingerprint density at radius 1 is 1.23 bits per heavy atom. The normalized spacial score (nSPS) is 11.5. The number of anilines is 1. The van der Waals surface area contributed by atoms with Gasteiger partial charge in [0.05, 0.1) is 30.2 Å². The SMILES string of the molecule is Cn1ncc2c(=O)n(CCC(=O)OCC(=O)Nc3ccccc3C(F)(F)F)cnc21. The minimum Gasteiger partial charge on any atom is -0.456 e. The summed E-state index contributed by atoms with van der Waals surface area (Å²) in [6, 6.07) is 4.45. The van der Waals surface area contributed by atoms with Crippen molar-refractivity contribution < 1.29 is 27.5 Å². The maximum Gasteiger partial charge on any atom is 0.418 e. The van der Waals surface area contributed by atoms with E-state index in [2.05, 4.69) is 15.4 Å². The summed E-state index contributed by atoms with van der Waals surface area (Å²) in [5.41, 5.74) is -1.44. The summed E-state index contributed by atoms with van der Waals surface area (Å²) >= 11 is 0. The molecular formula is C18H16F3N5O4. The lowest BCUT2D eigenvalue weighted by molar-refractivity contribution is -0.147. The van der Waals surface area contributed by atoms with Crippen molar-refractivity contribution >= 4 is 28.6 Å². The molecule has 0 aliphatic carbocycles. The molecule has 3 aromatic rings. The largest absolute Gasteiger partial charge is 0.456 e. The van der Waals surface area contributed by atoms with Crippen LogP contribution in [0.25, 0.3) is 11.0 Å². The molecule has 0 saturated heterocycles. The van der Waals surface area contributed by atoms with Gasteiger partial charge in [0.25, 0.3) is 11.5 Å². The van der Waals surface area contributed by atoms with Crippen molar-refractivity contribution in [1.29, 1.82) is 0 Å². The molecule has 9 nitrogen and oxygen atoms in total. The van der Waals surface area contributed by atoms with Crippen LogP contribution in [0.15, 0.2) is 41.6 Å². The highest BCUT2D eigenvalue weighted by Gasteiger charge is 2.33. The number of nitrogens with one attached hydrogen (secondary N) is 1. The molecule has 30 heavy (non-hydrogen) atoms. The van der Waals surface area contributed by atoms with E-state index in [-0.39, 0.29) is 23.9 Å². The smallest absolute Gasteiger partial charge is 0.418 e. The van der Waals surface area contributed by atoms with E-state index in [9.17, 15) is 27.6 Å². The Balaban J connectivity index is 1.54. The van der Waals surface area contributed by atoms with Crippen molar-refractivity contribution in [3.05, 3.63) is 52.7 Å². The lowest BCUT2D eigenvalue weighted by Crippen LogP contribution is -2.25. The van der Waals surface area contributed by atoms with Crippen LogP contribution in [0.1, 0.15) is 12.0 Å². The van der Waals surface area contributed by atoms with Crippen molar-refractivity contribution in [2.45, 2.75) is 19.1 Å². The molecule has 0 spiro atoms. The standard InChI is InChI=1S/C18H16F3N5O4/c1-25-16-11(8-23-25)17(29)26(10-22-16)7-6-15(28)30-9-14(27)24-13-5-3-2-4-12(13)18(19,20)21/h2-5,8,10H,6-7,9H2,1H3,(H,24,27). The molecule has 0 bridgehead atoms. The second kappa shape index (κ2) is 8.35. The number of hydrogen-bond acceptors (Lipinski definition) is 6. The molecule has 12 heteroatoms. The number of aromatic nitrogens is 4. The monoisotopic (exact) mass is 423 g/mol. The van der Waals surface area contributed by atoms with E-state index < -0.39 is 35.9 Å². The lowest BCUT2D eigenvalue weighted by atomic mass is 10.1. The summed E-state index contributed by atoms with van der Waals surface area (Å²) in [4.78, 5) is 40.1. The number of halogens is 3. The Labute approximate surface area is 167 Å². The van der Waals surface area contributed by atoms with Crippen LogP contribution >= 0.6 is 0 Å². The van der Waals surface area contributed by atoms with Gasteiger partial charge in [-0.2, -0.15) is 18.3 Å². The predicted molar refractivity (Wildman–Crippen MR) is 98.4 cm³/mol. The predicted octanol–water partition coefficient (Wildman–Crippen LogP) is 1.72. The van der Waals surface area contributed by atoms with Gasteiger partial charge in [-0.1, -0.05) is 12.1 Å². The fraction of sp³-hybridized carbons (Fsp3) is 0.278. The quantitative estimate of drug-likeness (QED) is 0.605. The van der Waals surface area contributed by atoms with Crippen LogP contribution in [0.3, 0.4) is 0 Å². The minimum atomic E-state index is -4.64. The Hall–Kier alpha value is -3.70. The fourth-order valence-corrected chi connectivity index (χ4v) is 2.68. The molecule has 0 fully saturated rings. The van der Waals surface area contributed by atoms with E-state index in [0.717, 1.165) is 12.1 Å². The zero-order valence-corrected chi connectivity index (χ0v) is 15.6. The summed E-state index contributed by atoms with van der Waals surface area (Å²) in [5.74, 6) is -1.72. The van der Waals surface area contributed by atoms with Crippen LogP contribution in [0, 0.1) is 0 Å². The molecule has 0 aliphatic rings. The van der Waals surface area contributed by atoms with Gasteiger partial charge in [0, 0.05) is 13.6 Å². The molecule has 1 N–H and O–H groups in total. The summed E-state index contributed by atoms with van der Waals surface area (Å²) in [5, 5.41) is 6.29. The van der Waals surface area contributed by atoms with Crippen molar-refractivity contribution in [3.63, 3.8) is 0 Å². The zero-order chi connectivity index (χ0) is 21.9. The average molecular weight is 423 g/mol. The van der Waals surface area contributed by atoms with E-state index in [1.165, 1.54) is 33.9 Å². The number of para-hydroxylation sites is 1. The van der Waals surface area contributed by atoms with Crippen molar-refractivity contribution in [2.75, 3.05) is 11.9 Å². The van der Waals surface area contributed by atoms with Crippen LogP contribution in [0.5, 0.6) is 0 Å². The molecular weight excluding hydrogens is 407 g/mol. The zero-order valence-electron chi connectivity index (χ0n) is 15.6. The topological polar surface area (TPSA) is 108 Å². The third-order valence-electron chi connectivity index (χ3n) is 4.15. The first kappa shape index (κ1) is 21.0. The summed E-state index contributed by atoms with van der Waals surface area (Å²) < 4.78 is 46.2.